The van der Waals surface area contributed by atoms with Gasteiger partial charge in [-0.1, -0.05) is 0 Å². The fourth-order valence-corrected chi connectivity index (χ4v) is 2.31. The molecule has 7 nitrogen and oxygen atoms in total. The van der Waals surface area contributed by atoms with Gasteiger partial charge in [0.05, 0.1) is 23.2 Å². The number of halogens is 3. The molecule has 0 spiro atoms. The molecular formula is C15H11F3N4O3. The highest BCUT2D eigenvalue weighted by Crippen LogP contribution is 2.37. The molecule has 2 heterocycles. The van der Waals surface area contributed by atoms with Crippen molar-refractivity contribution in [2.45, 2.75) is 13.1 Å². The van der Waals surface area contributed by atoms with Crippen LogP contribution in [0.15, 0.2) is 29.3 Å². The van der Waals surface area contributed by atoms with E-state index >= 15 is 0 Å². The summed E-state index contributed by atoms with van der Waals surface area (Å²) in [4.78, 5) is 36.2. The molecule has 0 bridgehead atoms. The highest BCUT2D eigenvalue weighted by Gasteiger charge is 2.35. The highest BCUT2D eigenvalue weighted by molar-refractivity contribution is 5.90. The lowest BCUT2D eigenvalue weighted by molar-refractivity contribution is -0.137. The average Bonchev–Trinajstić information content (AvgIpc) is 3.06. The first-order chi connectivity index (χ1) is 11.8. The molecule has 3 aromatic rings. The quantitative estimate of drug-likeness (QED) is 0.706. The average molecular weight is 352 g/mol. The first-order valence-electron chi connectivity index (χ1n) is 7.13. The molecule has 25 heavy (non-hydrogen) atoms. The maximum Gasteiger partial charge on any atom is 0.417 e. The number of alkyl halides is 3. The first kappa shape index (κ1) is 16.7. The Labute approximate surface area is 137 Å². The fourth-order valence-electron chi connectivity index (χ4n) is 2.31. The van der Waals surface area contributed by atoms with Crippen LogP contribution >= 0.6 is 0 Å². The molecule has 0 aliphatic heterocycles. The van der Waals surface area contributed by atoms with E-state index in [0.29, 0.717) is 0 Å². The van der Waals surface area contributed by atoms with Gasteiger partial charge in [-0.25, -0.2) is 14.8 Å². The number of hydrogen-bond acceptors (Lipinski definition) is 5. The predicted molar refractivity (Wildman–Crippen MR) is 80.9 cm³/mol. The van der Waals surface area contributed by atoms with E-state index in [1.807, 2.05) is 0 Å². The van der Waals surface area contributed by atoms with Crippen LogP contribution in [0.25, 0.3) is 22.4 Å². The van der Waals surface area contributed by atoms with E-state index in [1.54, 1.807) is 6.92 Å². The van der Waals surface area contributed by atoms with Crippen LogP contribution in [-0.2, 0) is 10.9 Å². The second-order valence-electron chi connectivity index (χ2n) is 4.99. The van der Waals surface area contributed by atoms with E-state index in [-0.39, 0.29) is 29.0 Å². The van der Waals surface area contributed by atoms with Crippen molar-refractivity contribution in [1.29, 1.82) is 0 Å². The molecule has 130 valence electrons. The Bertz CT molecular complexity index is 994. The van der Waals surface area contributed by atoms with Crippen molar-refractivity contribution in [3.63, 3.8) is 0 Å². The Balaban J connectivity index is 2.28. The van der Waals surface area contributed by atoms with Gasteiger partial charge in [0.1, 0.15) is 5.82 Å². The number of benzene rings is 1. The smallest absolute Gasteiger partial charge is 0.417 e. The third-order valence-electron chi connectivity index (χ3n) is 3.36. The summed E-state index contributed by atoms with van der Waals surface area (Å²) in [7, 11) is 0. The summed E-state index contributed by atoms with van der Waals surface area (Å²) in [5.41, 5.74) is -2.84. The molecule has 0 fully saturated rings. The van der Waals surface area contributed by atoms with Crippen LogP contribution < -0.4 is 5.56 Å². The van der Waals surface area contributed by atoms with Gasteiger partial charge in [0, 0.05) is 18.0 Å². The summed E-state index contributed by atoms with van der Waals surface area (Å²) in [6.07, 6.45) is -1.99. The second kappa shape index (κ2) is 6.04. The number of hydrogen-bond donors (Lipinski definition) is 2. The van der Waals surface area contributed by atoms with Gasteiger partial charge in [0.15, 0.2) is 0 Å². The van der Waals surface area contributed by atoms with Crippen LogP contribution in [0.4, 0.5) is 13.2 Å². The van der Waals surface area contributed by atoms with E-state index in [9.17, 15) is 22.8 Å². The minimum atomic E-state index is -4.67. The number of rotatable bonds is 3. The molecule has 10 heteroatoms. The van der Waals surface area contributed by atoms with Gasteiger partial charge in [-0.15, -0.1) is 0 Å². The molecule has 1 aromatic carbocycles. The molecule has 2 aromatic heterocycles. The Kier molecular flexibility index (Phi) is 4.03. The Hall–Kier alpha value is -3.17. The molecule has 0 amide bonds. The van der Waals surface area contributed by atoms with E-state index < -0.39 is 29.0 Å². The molecule has 0 unspecified atom stereocenters. The van der Waals surface area contributed by atoms with Crippen molar-refractivity contribution in [3.05, 3.63) is 46.1 Å². The van der Waals surface area contributed by atoms with E-state index in [1.165, 1.54) is 12.4 Å². The van der Waals surface area contributed by atoms with Gasteiger partial charge < -0.3 is 14.7 Å². The maximum absolute atomic E-state index is 13.3. The van der Waals surface area contributed by atoms with Crippen LogP contribution in [-0.4, -0.2) is 32.5 Å². The van der Waals surface area contributed by atoms with E-state index in [0.717, 1.165) is 12.1 Å². The third-order valence-corrected chi connectivity index (χ3v) is 3.36. The zero-order chi connectivity index (χ0) is 18.2. The van der Waals surface area contributed by atoms with Gasteiger partial charge in [-0.3, -0.25) is 4.79 Å². The number of nitrogens with zero attached hydrogens (tertiary/aromatic N) is 2. The minimum absolute atomic E-state index is 0.00190. The van der Waals surface area contributed by atoms with Crippen molar-refractivity contribution in [1.82, 2.24) is 19.9 Å². The number of fused-ring (bicyclic) bond motifs is 1. The van der Waals surface area contributed by atoms with Gasteiger partial charge in [-0.2, -0.15) is 13.2 Å². The molecule has 2 N–H and O–H groups in total. The lowest BCUT2D eigenvalue weighted by Gasteiger charge is -2.13. The van der Waals surface area contributed by atoms with Crippen LogP contribution in [0.5, 0.6) is 0 Å². The number of nitrogens with one attached hydrogen (secondary N) is 2. The normalized spacial score (nSPS) is 11.7. The molecule has 0 saturated carbocycles. The molecule has 0 aliphatic rings. The SMILES string of the molecule is CCOC(=O)c1nc2cc(-c3ncc[nH]3)c(C(F)(F)F)cc2[nH]c1=O. The van der Waals surface area contributed by atoms with Crippen molar-refractivity contribution in [2.75, 3.05) is 6.61 Å². The Morgan fingerprint density at radius 1 is 1.32 bits per heavy atom. The summed E-state index contributed by atoms with van der Waals surface area (Å²) >= 11 is 0. The predicted octanol–water partition coefficient (Wildman–Crippen LogP) is 2.51. The van der Waals surface area contributed by atoms with Gasteiger partial charge in [0.2, 0.25) is 5.69 Å². The zero-order valence-corrected chi connectivity index (χ0v) is 12.8. The van der Waals surface area contributed by atoms with Crippen molar-refractivity contribution < 1.29 is 22.7 Å². The number of imidazole rings is 1. The first-order valence-corrected chi connectivity index (χ1v) is 7.13. The van der Waals surface area contributed by atoms with Gasteiger partial charge in [-0.05, 0) is 19.1 Å². The fraction of sp³-hybridized carbons (Fsp3) is 0.200. The van der Waals surface area contributed by atoms with Gasteiger partial charge >= 0.3 is 12.1 Å². The zero-order valence-electron chi connectivity index (χ0n) is 12.8. The van der Waals surface area contributed by atoms with Crippen LogP contribution in [0.1, 0.15) is 23.0 Å². The van der Waals surface area contributed by atoms with Crippen molar-refractivity contribution >= 4 is 17.0 Å². The van der Waals surface area contributed by atoms with Crippen molar-refractivity contribution in [2.24, 2.45) is 0 Å². The van der Waals surface area contributed by atoms with Gasteiger partial charge in [0.25, 0.3) is 5.56 Å². The van der Waals surface area contributed by atoms with Crippen molar-refractivity contribution in [3.8, 4) is 11.4 Å². The van der Waals surface area contributed by atoms with E-state index in [2.05, 4.69) is 19.9 Å². The lowest BCUT2D eigenvalue weighted by atomic mass is 10.0. The summed E-state index contributed by atoms with van der Waals surface area (Å²) in [5.74, 6) is -0.968. The lowest BCUT2D eigenvalue weighted by Crippen LogP contribution is -2.22. The standard InChI is InChI=1S/C15H11F3N4O3/c1-2-25-14(24)11-13(23)22-10-6-8(15(16,17)18)7(5-9(10)21-11)12-19-3-4-20-12/h3-6H,2H2,1H3,(H,19,20)(H,22,23). The number of H-pyrrole nitrogens is 2. The van der Waals surface area contributed by atoms with Crippen LogP contribution in [0, 0.1) is 0 Å². The number of esters is 1. The highest BCUT2D eigenvalue weighted by atomic mass is 19.4. The largest absolute Gasteiger partial charge is 0.461 e. The van der Waals surface area contributed by atoms with Crippen LogP contribution in [0.2, 0.25) is 0 Å². The minimum Gasteiger partial charge on any atom is -0.461 e. The Morgan fingerprint density at radius 3 is 2.68 bits per heavy atom. The molecule has 3 rings (SSSR count). The second-order valence-corrected chi connectivity index (χ2v) is 4.99. The molecule has 0 saturated heterocycles. The number of aromatic amines is 2. The number of ether oxygens (including phenoxy) is 1. The number of carbonyl (C=O) groups excluding carboxylic acids is 1. The maximum atomic E-state index is 13.3. The summed E-state index contributed by atoms with van der Waals surface area (Å²) in [6, 6.07) is 1.87. The summed E-state index contributed by atoms with van der Waals surface area (Å²) in [6.45, 7) is 1.58. The number of carbonyl (C=O) groups is 1. The molecule has 0 radical (unpaired) electrons. The molecular weight excluding hydrogens is 341 g/mol. The Morgan fingerprint density at radius 2 is 2.08 bits per heavy atom. The molecule has 0 aliphatic carbocycles. The summed E-state index contributed by atoms with van der Waals surface area (Å²) < 4.78 is 44.8. The topological polar surface area (TPSA) is 101 Å². The van der Waals surface area contributed by atoms with Crippen LogP contribution in [0.3, 0.4) is 0 Å². The monoisotopic (exact) mass is 352 g/mol. The summed E-state index contributed by atoms with van der Waals surface area (Å²) in [5, 5.41) is 0. The number of aromatic nitrogens is 4. The molecule has 0 atom stereocenters. The third kappa shape index (κ3) is 3.10. The van der Waals surface area contributed by atoms with E-state index in [4.69, 9.17) is 4.74 Å².